The molecule has 0 aliphatic carbocycles. The summed E-state index contributed by atoms with van der Waals surface area (Å²) in [5, 5.41) is 16.9. The molecule has 1 aromatic carbocycles. The van der Waals surface area contributed by atoms with Crippen LogP contribution in [0.4, 0.5) is 8.78 Å². The summed E-state index contributed by atoms with van der Waals surface area (Å²) in [6.07, 6.45) is 2.17. The van der Waals surface area contributed by atoms with Gasteiger partial charge >= 0.3 is 0 Å². The van der Waals surface area contributed by atoms with Crippen LogP contribution in [0, 0.1) is 11.6 Å². The van der Waals surface area contributed by atoms with E-state index in [1.807, 2.05) is 0 Å². The van der Waals surface area contributed by atoms with Crippen molar-refractivity contribution in [3.05, 3.63) is 46.7 Å². The fourth-order valence-corrected chi connectivity index (χ4v) is 4.59. The molecule has 1 N–H and O–H groups in total. The zero-order chi connectivity index (χ0) is 21.9. The number of rotatable bonds is 8. The van der Waals surface area contributed by atoms with Crippen LogP contribution in [0.15, 0.2) is 16.5 Å². The quantitative estimate of drug-likeness (QED) is 0.663. The van der Waals surface area contributed by atoms with Crippen molar-refractivity contribution in [1.29, 1.82) is 0 Å². The number of aliphatic hydroxyl groups is 1. The van der Waals surface area contributed by atoms with Crippen LogP contribution in [0.5, 0.6) is 0 Å². The Kier molecular flexibility index (Phi) is 6.85. The molecular formula is C19H25F2N3O5S. The van der Waals surface area contributed by atoms with Gasteiger partial charge < -0.3 is 14.3 Å². The second-order valence-electron chi connectivity index (χ2n) is 7.37. The molecule has 0 saturated carbocycles. The van der Waals surface area contributed by atoms with Crippen LogP contribution in [0.25, 0.3) is 0 Å². The Labute approximate surface area is 173 Å². The van der Waals surface area contributed by atoms with Gasteiger partial charge in [0.1, 0.15) is 18.2 Å². The van der Waals surface area contributed by atoms with Crippen LogP contribution in [0.3, 0.4) is 0 Å². The van der Waals surface area contributed by atoms with Crippen molar-refractivity contribution in [2.24, 2.45) is 0 Å². The second-order valence-corrected chi connectivity index (χ2v) is 9.36. The monoisotopic (exact) mass is 445 g/mol. The van der Waals surface area contributed by atoms with Gasteiger partial charge in [-0.1, -0.05) is 6.92 Å². The molecule has 166 valence electrons. The molecule has 0 atom stereocenters. The predicted molar refractivity (Wildman–Crippen MR) is 103 cm³/mol. The van der Waals surface area contributed by atoms with E-state index in [1.54, 1.807) is 6.92 Å². The molecule has 0 amide bonds. The van der Waals surface area contributed by atoms with E-state index in [0.29, 0.717) is 19.3 Å². The summed E-state index contributed by atoms with van der Waals surface area (Å²) in [7, 11) is -3.57. The average molecular weight is 445 g/mol. The van der Waals surface area contributed by atoms with Gasteiger partial charge in [-0.2, -0.15) is 4.31 Å². The fourth-order valence-electron chi connectivity index (χ4n) is 3.71. The maximum atomic E-state index is 15.3. The number of ether oxygens (including phenoxy) is 1. The summed E-state index contributed by atoms with van der Waals surface area (Å²) in [6.45, 7) is 1.86. The molecule has 1 aliphatic rings. The molecule has 3 rings (SSSR count). The standard InChI is InChI=1S/C19H25F2N3O5S/c1-3-6-24(30(2,26)27)11-13-9-16(21)14(10-15(13)20)19(4-7-28-8-5-19)18-23-22-17(12-25)29-18/h9-10,25H,3-8,11-12H2,1-2H3. The van der Waals surface area contributed by atoms with Crippen LogP contribution >= 0.6 is 0 Å². The maximum absolute atomic E-state index is 15.3. The lowest BCUT2D eigenvalue weighted by Gasteiger charge is -2.35. The summed E-state index contributed by atoms with van der Waals surface area (Å²) >= 11 is 0. The summed E-state index contributed by atoms with van der Waals surface area (Å²) in [4.78, 5) is 0. The van der Waals surface area contributed by atoms with Crippen LogP contribution in [-0.2, 0) is 33.3 Å². The number of hydrogen-bond donors (Lipinski definition) is 1. The van der Waals surface area contributed by atoms with Crippen molar-refractivity contribution < 1.29 is 31.5 Å². The van der Waals surface area contributed by atoms with Crippen molar-refractivity contribution in [3.63, 3.8) is 0 Å². The third kappa shape index (κ3) is 4.53. The highest BCUT2D eigenvalue weighted by molar-refractivity contribution is 7.88. The van der Waals surface area contributed by atoms with Gasteiger partial charge in [0.25, 0.3) is 0 Å². The fraction of sp³-hybridized carbons (Fsp3) is 0.579. The number of sulfonamides is 1. The van der Waals surface area contributed by atoms with Crippen LogP contribution in [0.1, 0.15) is 49.1 Å². The minimum absolute atomic E-state index is 0.0169. The molecular weight excluding hydrogens is 420 g/mol. The number of hydrogen-bond acceptors (Lipinski definition) is 7. The van der Waals surface area contributed by atoms with Crippen molar-refractivity contribution in [1.82, 2.24) is 14.5 Å². The highest BCUT2D eigenvalue weighted by Crippen LogP contribution is 2.42. The Hall–Kier alpha value is -1.95. The SMILES string of the molecule is CCCN(Cc1cc(F)c(C2(c3nnc(CO)o3)CCOCC2)cc1F)S(C)(=O)=O. The first-order chi connectivity index (χ1) is 14.2. The van der Waals surface area contributed by atoms with E-state index in [4.69, 9.17) is 9.15 Å². The summed E-state index contributed by atoms with van der Waals surface area (Å²) < 4.78 is 66.1. The Morgan fingerprint density at radius 2 is 1.90 bits per heavy atom. The van der Waals surface area contributed by atoms with Gasteiger partial charge in [-0.15, -0.1) is 10.2 Å². The van der Waals surface area contributed by atoms with Crippen molar-refractivity contribution in [2.45, 2.75) is 44.8 Å². The van der Waals surface area contributed by atoms with E-state index in [0.717, 1.165) is 22.7 Å². The number of halogens is 2. The van der Waals surface area contributed by atoms with Gasteiger partial charge in [-0.3, -0.25) is 0 Å². The van der Waals surface area contributed by atoms with Gasteiger partial charge in [0.2, 0.25) is 21.8 Å². The van der Waals surface area contributed by atoms with Crippen LogP contribution in [0.2, 0.25) is 0 Å². The summed E-state index contributed by atoms with van der Waals surface area (Å²) in [6, 6.07) is 2.10. The Morgan fingerprint density at radius 1 is 1.20 bits per heavy atom. The van der Waals surface area contributed by atoms with E-state index >= 15 is 8.78 Å². The van der Waals surface area contributed by atoms with Crippen molar-refractivity contribution >= 4 is 10.0 Å². The first-order valence-electron chi connectivity index (χ1n) is 9.66. The van der Waals surface area contributed by atoms with Crippen molar-refractivity contribution in [3.8, 4) is 0 Å². The van der Waals surface area contributed by atoms with Gasteiger partial charge in [0.15, 0.2) is 0 Å². The van der Waals surface area contributed by atoms with Gasteiger partial charge in [-0.25, -0.2) is 17.2 Å². The predicted octanol–water partition coefficient (Wildman–Crippen LogP) is 2.11. The third-order valence-electron chi connectivity index (χ3n) is 5.30. The molecule has 0 bridgehead atoms. The van der Waals surface area contributed by atoms with E-state index < -0.39 is 33.7 Å². The maximum Gasteiger partial charge on any atom is 0.241 e. The van der Waals surface area contributed by atoms with E-state index in [-0.39, 0.29) is 49.2 Å². The first-order valence-corrected chi connectivity index (χ1v) is 11.5. The van der Waals surface area contributed by atoms with E-state index in [9.17, 15) is 13.5 Å². The Balaban J connectivity index is 2.03. The zero-order valence-electron chi connectivity index (χ0n) is 16.9. The molecule has 11 heteroatoms. The lowest BCUT2D eigenvalue weighted by atomic mass is 9.73. The average Bonchev–Trinajstić information content (AvgIpc) is 3.19. The minimum Gasteiger partial charge on any atom is -0.422 e. The van der Waals surface area contributed by atoms with E-state index in [2.05, 4.69) is 10.2 Å². The molecule has 30 heavy (non-hydrogen) atoms. The lowest BCUT2D eigenvalue weighted by molar-refractivity contribution is 0.0522. The first kappa shape index (κ1) is 22.7. The lowest BCUT2D eigenvalue weighted by Crippen LogP contribution is -2.37. The Morgan fingerprint density at radius 3 is 2.47 bits per heavy atom. The number of aromatic nitrogens is 2. The second kappa shape index (κ2) is 9.04. The van der Waals surface area contributed by atoms with E-state index in [1.165, 1.54) is 0 Å². The highest BCUT2D eigenvalue weighted by Gasteiger charge is 2.43. The molecule has 2 heterocycles. The normalized spacial score (nSPS) is 16.9. The van der Waals surface area contributed by atoms with Gasteiger partial charge in [-0.05, 0) is 31.4 Å². The molecule has 1 saturated heterocycles. The highest BCUT2D eigenvalue weighted by atomic mass is 32.2. The molecule has 1 aromatic heterocycles. The molecule has 0 radical (unpaired) electrons. The molecule has 1 fully saturated rings. The third-order valence-corrected chi connectivity index (χ3v) is 6.55. The van der Waals surface area contributed by atoms with Gasteiger partial charge in [0, 0.05) is 37.4 Å². The molecule has 0 spiro atoms. The molecule has 2 aromatic rings. The number of benzene rings is 1. The van der Waals surface area contributed by atoms with Crippen LogP contribution < -0.4 is 0 Å². The van der Waals surface area contributed by atoms with Crippen LogP contribution in [-0.4, -0.2) is 54.0 Å². The van der Waals surface area contributed by atoms with Crippen molar-refractivity contribution in [2.75, 3.05) is 26.0 Å². The minimum atomic E-state index is -3.57. The largest absolute Gasteiger partial charge is 0.422 e. The topological polar surface area (TPSA) is 106 Å². The summed E-state index contributed by atoms with van der Waals surface area (Å²) in [5.41, 5.74) is -1.11. The Bertz CT molecular complexity index is 990. The smallest absolute Gasteiger partial charge is 0.241 e. The molecule has 1 aliphatic heterocycles. The number of aliphatic hydroxyl groups excluding tert-OH is 1. The molecule has 8 nitrogen and oxygen atoms in total. The molecule has 0 unspecified atom stereocenters. The number of nitrogens with zero attached hydrogens (tertiary/aromatic N) is 3. The van der Waals surface area contributed by atoms with Gasteiger partial charge in [0.05, 0.1) is 11.7 Å². The summed E-state index contributed by atoms with van der Waals surface area (Å²) in [5.74, 6) is -1.34. The zero-order valence-corrected chi connectivity index (χ0v) is 17.7.